The Hall–Kier alpha value is -1.96. The summed E-state index contributed by atoms with van der Waals surface area (Å²) in [4.78, 5) is 57.5. The van der Waals surface area contributed by atoms with Crippen molar-refractivity contribution in [2.24, 2.45) is 17.3 Å². The average molecular weight is 503 g/mol. The standard InChI is InChI=1S/C28H46N4O4/c1-5-10-21(23(33)26(35)29-19-13-14-19)30-25(34)22-20-12-9-11-18(20)17-32(22)27(36)24(28(2,3)4)31-15-7-6-8-16-31/h18-22,24H,5-17H2,1-4H3,(H,29,35)(H,30,34)/t18?,20?,21?,22?,24-/m1/s1. The summed E-state index contributed by atoms with van der Waals surface area (Å²) in [5.74, 6) is -0.957. The van der Waals surface area contributed by atoms with Gasteiger partial charge in [0.25, 0.3) is 5.91 Å². The molecule has 2 heterocycles. The van der Waals surface area contributed by atoms with Crippen LogP contribution in [0.5, 0.6) is 0 Å². The molecule has 4 rings (SSSR count). The second kappa shape index (κ2) is 11.2. The number of piperidine rings is 1. The first-order valence-electron chi connectivity index (χ1n) is 14.3. The Balaban J connectivity index is 1.53. The van der Waals surface area contributed by atoms with E-state index < -0.39 is 23.8 Å². The van der Waals surface area contributed by atoms with Crippen molar-refractivity contribution in [3.63, 3.8) is 0 Å². The van der Waals surface area contributed by atoms with Crippen LogP contribution in [-0.2, 0) is 19.2 Å². The number of carbonyl (C=O) groups is 4. The first-order chi connectivity index (χ1) is 17.1. The van der Waals surface area contributed by atoms with Gasteiger partial charge in [0.2, 0.25) is 17.6 Å². The van der Waals surface area contributed by atoms with Gasteiger partial charge in [0.05, 0.1) is 12.1 Å². The van der Waals surface area contributed by atoms with Gasteiger partial charge in [-0.15, -0.1) is 0 Å². The van der Waals surface area contributed by atoms with E-state index in [1.165, 1.54) is 6.42 Å². The molecule has 0 aromatic carbocycles. The molecule has 3 amide bonds. The lowest BCUT2D eigenvalue weighted by atomic mass is 9.83. The molecule has 4 unspecified atom stereocenters. The molecule has 8 heteroatoms. The van der Waals surface area contributed by atoms with Crippen molar-refractivity contribution in [2.75, 3.05) is 19.6 Å². The van der Waals surface area contributed by atoms with Gasteiger partial charge in [-0.25, -0.2) is 0 Å². The van der Waals surface area contributed by atoms with Crippen LogP contribution in [0, 0.1) is 17.3 Å². The number of hydrogen-bond acceptors (Lipinski definition) is 5. The third-order valence-corrected chi connectivity index (χ3v) is 8.60. The van der Waals surface area contributed by atoms with E-state index in [9.17, 15) is 19.2 Å². The van der Waals surface area contributed by atoms with Gasteiger partial charge in [0, 0.05) is 12.6 Å². The van der Waals surface area contributed by atoms with Crippen molar-refractivity contribution in [3.8, 4) is 0 Å². The van der Waals surface area contributed by atoms with Crippen molar-refractivity contribution in [2.45, 2.75) is 116 Å². The zero-order chi connectivity index (χ0) is 26.0. The predicted molar refractivity (Wildman–Crippen MR) is 138 cm³/mol. The third kappa shape index (κ3) is 5.95. The van der Waals surface area contributed by atoms with E-state index in [1.807, 2.05) is 11.8 Å². The highest BCUT2D eigenvalue weighted by Crippen LogP contribution is 2.43. The molecule has 2 aliphatic carbocycles. The second-order valence-electron chi connectivity index (χ2n) is 12.6. The number of Topliss-reactive ketones (excluding diaryl/α,β-unsaturated/α-hetero) is 1. The molecule has 202 valence electrons. The molecular weight excluding hydrogens is 456 g/mol. The second-order valence-corrected chi connectivity index (χ2v) is 12.6. The van der Waals surface area contributed by atoms with Gasteiger partial charge in [-0.3, -0.25) is 24.1 Å². The van der Waals surface area contributed by atoms with Gasteiger partial charge >= 0.3 is 0 Å². The molecule has 4 aliphatic rings. The zero-order valence-electron chi connectivity index (χ0n) is 22.7. The molecule has 2 N–H and O–H groups in total. The Labute approximate surface area is 216 Å². The number of nitrogens with zero attached hydrogens (tertiary/aromatic N) is 2. The van der Waals surface area contributed by atoms with Crippen LogP contribution < -0.4 is 10.6 Å². The van der Waals surface area contributed by atoms with Crippen molar-refractivity contribution in [1.29, 1.82) is 0 Å². The highest BCUT2D eigenvalue weighted by Gasteiger charge is 2.52. The quantitative estimate of drug-likeness (QED) is 0.473. The minimum absolute atomic E-state index is 0.0452. The normalized spacial score (nSPS) is 28.3. The lowest BCUT2D eigenvalue weighted by molar-refractivity contribution is -0.148. The van der Waals surface area contributed by atoms with E-state index in [0.717, 1.165) is 58.0 Å². The van der Waals surface area contributed by atoms with E-state index in [0.29, 0.717) is 25.3 Å². The minimum Gasteiger partial charge on any atom is -0.347 e. The summed E-state index contributed by atoms with van der Waals surface area (Å²) in [5, 5.41) is 5.69. The number of likely N-dealkylation sites (tertiary alicyclic amines) is 2. The summed E-state index contributed by atoms with van der Waals surface area (Å²) in [6, 6.07) is -1.60. The Morgan fingerprint density at radius 3 is 2.25 bits per heavy atom. The molecule has 2 aliphatic heterocycles. The van der Waals surface area contributed by atoms with E-state index in [4.69, 9.17) is 0 Å². The first-order valence-corrected chi connectivity index (χ1v) is 14.3. The van der Waals surface area contributed by atoms with Crippen LogP contribution >= 0.6 is 0 Å². The van der Waals surface area contributed by atoms with Crippen molar-refractivity contribution in [3.05, 3.63) is 0 Å². The summed E-state index contributed by atoms with van der Waals surface area (Å²) in [6.45, 7) is 10.7. The summed E-state index contributed by atoms with van der Waals surface area (Å²) in [5.41, 5.74) is -0.255. The van der Waals surface area contributed by atoms with Crippen LogP contribution in [0.3, 0.4) is 0 Å². The maximum Gasteiger partial charge on any atom is 0.289 e. The van der Waals surface area contributed by atoms with Crippen LogP contribution in [0.15, 0.2) is 0 Å². The predicted octanol–water partition coefficient (Wildman–Crippen LogP) is 2.65. The monoisotopic (exact) mass is 502 g/mol. The fourth-order valence-electron chi connectivity index (χ4n) is 6.73. The van der Waals surface area contributed by atoms with Crippen molar-refractivity contribution < 1.29 is 19.2 Å². The average Bonchev–Trinajstić information content (AvgIpc) is 3.38. The molecular formula is C28H46N4O4. The Morgan fingerprint density at radius 1 is 0.944 bits per heavy atom. The summed E-state index contributed by atoms with van der Waals surface area (Å²) in [6.07, 6.45) is 9.30. The van der Waals surface area contributed by atoms with Crippen LogP contribution in [0.25, 0.3) is 0 Å². The number of amides is 3. The van der Waals surface area contributed by atoms with E-state index >= 15 is 0 Å². The molecule has 0 bridgehead atoms. The molecule has 2 saturated carbocycles. The van der Waals surface area contributed by atoms with Crippen LogP contribution in [-0.4, -0.2) is 77.1 Å². The fraction of sp³-hybridized carbons (Fsp3) is 0.857. The molecule has 4 fully saturated rings. The minimum atomic E-state index is -0.848. The number of hydrogen-bond donors (Lipinski definition) is 2. The van der Waals surface area contributed by atoms with Crippen LogP contribution in [0.1, 0.15) is 91.9 Å². The van der Waals surface area contributed by atoms with Crippen molar-refractivity contribution >= 4 is 23.5 Å². The maximum atomic E-state index is 14.2. The molecule has 5 atom stereocenters. The topological polar surface area (TPSA) is 98.8 Å². The van der Waals surface area contributed by atoms with Gasteiger partial charge in [0.15, 0.2) is 0 Å². The smallest absolute Gasteiger partial charge is 0.289 e. The Bertz CT molecular complexity index is 843. The highest BCUT2D eigenvalue weighted by molar-refractivity contribution is 6.38. The first kappa shape index (κ1) is 27.1. The lowest BCUT2D eigenvalue weighted by Gasteiger charge is -2.43. The van der Waals surface area contributed by atoms with Gasteiger partial charge in [0.1, 0.15) is 6.04 Å². The zero-order valence-corrected chi connectivity index (χ0v) is 22.7. The number of ketones is 1. The van der Waals surface area contributed by atoms with E-state index in [-0.39, 0.29) is 35.2 Å². The van der Waals surface area contributed by atoms with Gasteiger partial charge in [-0.2, -0.15) is 0 Å². The highest BCUT2D eigenvalue weighted by atomic mass is 16.2. The molecule has 0 spiro atoms. The van der Waals surface area contributed by atoms with Gasteiger partial charge in [-0.1, -0.05) is 47.0 Å². The maximum absolute atomic E-state index is 14.2. The largest absolute Gasteiger partial charge is 0.347 e. The fourth-order valence-corrected chi connectivity index (χ4v) is 6.73. The summed E-state index contributed by atoms with van der Waals surface area (Å²) < 4.78 is 0. The molecule has 0 aromatic rings. The molecule has 0 aromatic heterocycles. The molecule has 36 heavy (non-hydrogen) atoms. The van der Waals surface area contributed by atoms with Gasteiger partial charge in [-0.05, 0) is 75.3 Å². The van der Waals surface area contributed by atoms with Crippen LogP contribution in [0.2, 0.25) is 0 Å². The van der Waals surface area contributed by atoms with E-state index in [2.05, 4.69) is 36.3 Å². The lowest BCUT2D eigenvalue weighted by Crippen LogP contribution is -2.60. The van der Waals surface area contributed by atoms with Gasteiger partial charge < -0.3 is 15.5 Å². The van der Waals surface area contributed by atoms with Crippen molar-refractivity contribution in [1.82, 2.24) is 20.4 Å². The molecule has 8 nitrogen and oxygen atoms in total. The molecule has 0 radical (unpaired) electrons. The number of carbonyl (C=O) groups excluding carboxylic acids is 4. The van der Waals surface area contributed by atoms with E-state index in [1.54, 1.807) is 0 Å². The number of fused-ring (bicyclic) bond motifs is 1. The Kier molecular flexibility index (Phi) is 8.42. The molecule has 2 saturated heterocycles. The SMILES string of the molecule is CCCC(NC(=O)C1C2CCCC2CN1C(=O)[C@@H](N1CCCCC1)C(C)(C)C)C(=O)C(=O)NC1CC1. The summed E-state index contributed by atoms with van der Waals surface area (Å²) in [7, 11) is 0. The third-order valence-electron chi connectivity index (χ3n) is 8.60. The Morgan fingerprint density at radius 2 is 1.64 bits per heavy atom. The van der Waals surface area contributed by atoms with Crippen LogP contribution in [0.4, 0.5) is 0 Å². The number of nitrogens with one attached hydrogen (secondary N) is 2. The summed E-state index contributed by atoms with van der Waals surface area (Å²) >= 11 is 0. The number of rotatable bonds is 9.